The lowest BCUT2D eigenvalue weighted by atomic mass is 10.0. The second kappa shape index (κ2) is 8.04. The average Bonchev–Trinajstić information content (AvgIpc) is 2.26. The van der Waals surface area contributed by atoms with Gasteiger partial charge in [-0.3, -0.25) is 4.79 Å². The molecule has 0 aromatic heterocycles. The smallest absolute Gasteiger partial charge is 0.172 e. The molecule has 94 valence electrons. The van der Waals surface area contributed by atoms with Crippen molar-refractivity contribution in [2.45, 2.75) is 26.3 Å². The Morgan fingerprint density at radius 2 is 1.88 bits per heavy atom. The highest BCUT2D eigenvalue weighted by Crippen LogP contribution is 2.06. The van der Waals surface area contributed by atoms with Crippen molar-refractivity contribution in [2.24, 2.45) is 11.7 Å². The Balaban J connectivity index is 0.00000256. The Morgan fingerprint density at radius 1 is 1.29 bits per heavy atom. The molecular weight excluding hydrogens is 234 g/mol. The first-order valence-electron chi connectivity index (χ1n) is 5.62. The molecule has 0 aliphatic heterocycles. The van der Waals surface area contributed by atoms with Gasteiger partial charge in [0.05, 0.1) is 6.04 Å². The average molecular weight is 254 g/mol. The maximum absolute atomic E-state index is 11.6. The van der Waals surface area contributed by atoms with Crippen LogP contribution >= 0.6 is 12.4 Å². The van der Waals surface area contributed by atoms with E-state index in [1.54, 1.807) is 6.08 Å². The molecule has 0 spiro atoms. The molecule has 1 aromatic rings. The molecule has 0 aliphatic carbocycles. The predicted molar refractivity (Wildman–Crippen MR) is 75.2 cm³/mol. The molecule has 0 unspecified atom stereocenters. The first-order valence-corrected chi connectivity index (χ1v) is 5.62. The lowest BCUT2D eigenvalue weighted by Crippen LogP contribution is -2.30. The molecule has 3 heteroatoms. The zero-order valence-corrected chi connectivity index (χ0v) is 11.1. The molecule has 0 aliphatic rings. The number of hydrogen-bond acceptors (Lipinski definition) is 2. The van der Waals surface area contributed by atoms with Crippen LogP contribution in [0.3, 0.4) is 0 Å². The van der Waals surface area contributed by atoms with Crippen LogP contribution in [0.25, 0.3) is 6.08 Å². The van der Waals surface area contributed by atoms with Crippen molar-refractivity contribution >= 4 is 24.3 Å². The van der Waals surface area contributed by atoms with Crippen molar-refractivity contribution in [2.75, 3.05) is 0 Å². The quantitative estimate of drug-likeness (QED) is 0.820. The predicted octanol–water partition coefficient (Wildman–Crippen LogP) is 3.06. The zero-order chi connectivity index (χ0) is 12.0. The van der Waals surface area contributed by atoms with Gasteiger partial charge in [-0.2, -0.15) is 0 Å². The van der Waals surface area contributed by atoms with E-state index < -0.39 is 0 Å². The van der Waals surface area contributed by atoms with Gasteiger partial charge in [-0.1, -0.05) is 50.3 Å². The first kappa shape index (κ1) is 15.9. The first-order chi connectivity index (χ1) is 7.59. The van der Waals surface area contributed by atoms with E-state index in [9.17, 15) is 4.79 Å². The number of halogens is 1. The van der Waals surface area contributed by atoms with Gasteiger partial charge < -0.3 is 5.73 Å². The maximum atomic E-state index is 11.6. The van der Waals surface area contributed by atoms with E-state index in [0.717, 1.165) is 12.0 Å². The van der Waals surface area contributed by atoms with E-state index in [2.05, 4.69) is 13.8 Å². The Labute approximate surface area is 109 Å². The highest BCUT2D eigenvalue weighted by atomic mass is 35.5. The number of carbonyl (C=O) groups excluding carboxylic acids is 1. The fraction of sp³-hybridized carbons (Fsp3) is 0.357. The summed E-state index contributed by atoms with van der Waals surface area (Å²) in [5.74, 6) is 0.446. The van der Waals surface area contributed by atoms with E-state index in [1.807, 2.05) is 36.4 Å². The number of benzene rings is 1. The van der Waals surface area contributed by atoms with E-state index >= 15 is 0 Å². The Kier molecular flexibility index (Phi) is 7.51. The summed E-state index contributed by atoms with van der Waals surface area (Å²) in [6.07, 6.45) is 4.11. The van der Waals surface area contributed by atoms with Crippen LogP contribution in [0, 0.1) is 5.92 Å². The molecule has 0 bridgehead atoms. The second-order valence-electron chi connectivity index (χ2n) is 4.38. The van der Waals surface area contributed by atoms with Crippen LogP contribution in [-0.4, -0.2) is 11.8 Å². The largest absolute Gasteiger partial charge is 0.321 e. The van der Waals surface area contributed by atoms with Crippen molar-refractivity contribution in [3.63, 3.8) is 0 Å². The van der Waals surface area contributed by atoms with E-state index in [0.29, 0.717) is 5.92 Å². The Bertz CT molecular complexity index is 360. The summed E-state index contributed by atoms with van der Waals surface area (Å²) >= 11 is 0. The molecular formula is C14H20ClNO. The SMILES string of the molecule is CC(C)C[C@H](N)C(=O)/C=C/c1ccccc1.Cl. The molecule has 2 N–H and O–H groups in total. The summed E-state index contributed by atoms with van der Waals surface area (Å²) in [4.78, 5) is 11.6. The van der Waals surface area contributed by atoms with Gasteiger partial charge in [-0.05, 0) is 24.0 Å². The van der Waals surface area contributed by atoms with Crippen LogP contribution < -0.4 is 5.73 Å². The lowest BCUT2D eigenvalue weighted by molar-refractivity contribution is -0.116. The van der Waals surface area contributed by atoms with E-state index in [-0.39, 0.29) is 24.2 Å². The molecule has 2 nitrogen and oxygen atoms in total. The Morgan fingerprint density at radius 3 is 2.41 bits per heavy atom. The minimum Gasteiger partial charge on any atom is -0.321 e. The number of nitrogens with two attached hydrogens (primary N) is 1. The molecule has 0 amide bonds. The normalized spacial score (nSPS) is 12.5. The third kappa shape index (κ3) is 6.25. The van der Waals surface area contributed by atoms with Crippen molar-refractivity contribution < 1.29 is 4.79 Å². The molecule has 1 rings (SSSR count). The summed E-state index contributed by atoms with van der Waals surface area (Å²) in [6.45, 7) is 4.13. The Hall–Kier alpha value is -1.12. The summed E-state index contributed by atoms with van der Waals surface area (Å²) in [5, 5.41) is 0. The summed E-state index contributed by atoms with van der Waals surface area (Å²) in [6, 6.07) is 9.37. The number of ketones is 1. The summed E-state index contributed by atoms with van der Waals surface area (Å²) in [5.41, 5.74) is 6.80. The minimum atomic E-state index is -0.375. The van der Waals surface area contributed by atoms with Crippen LogP contribution in [0.15, 0.2) is 36.4 Å². The maximum Gasteiger partial charge on any atom is 0.172 e. The molecule has 0 saturated carbocycles. The van der Waals surface area contributed by atoms with Gasteiger partial charge in [0.2, 0.25) is 0 Å². The van der Waals surface area contributed by atoms with Crippen LogP contribution in [0.4, 0.5) is 0 Å². The van der Waals surface area contributed by atoms with Gasteiger partial charge in [-0.15, -0.1) is 12.4 Å². The highest BCUT2D eigenvalue weighted by molar-refractivity contribution is 5.97. The highest BCUT2D eigenvalue weighted by Gasteiger charge is 2.11. The fourth-order valence-corrected chi connectivity index (χ4v) is 1.49. The van der Waals surface area contributed by atoms with Gasteiger partial charge in [0.1, 0.15) is 0 Å². The third-order valence-electron chi connectivity index (χ3n) is 2.33. The van der Waals surface area contributed by atoms with E-state index in [4.69, 9.17) is 5.73 Å². The summed E-state index contributed by atoms with van der Waals surface area (Å²) in [7, 11) is 0. The molecule has 0 radical (unpaired) electrons. The third-order valence-corrected chi connectivity index (χ3v) is 2.33. The van der Waals surface area contributed by atoms with Crippen LogP contribution in [0.2, 0.25) is 0 Å². The number of hydrogen-bond donors (Lipinski definition) is 1. The monoisotopic (exact) mass is 253 g/mol. The molecule has 0 fully saturated rings. The summed E-state index contributed by atoms with van der Waals surface area (Å²) < 4.78 is 0. The van der Waals surface area contributed by atoms with Crippen molar-refractivity contribution in [1.29, 1.82) is 0 Å². The molecule has 0 heterocycles. The van der Waals surface area contributed by atoms with Gasteiger partial charge in [0.15, 0.2) is 5.78 Å². The van der Waals surface area contributed by atoms with Crippen molar-refractivity contribution in [3.05, 3.63) is 42.0 Å². The number of rotatable bonds is 5. The van der Waals surface area contributed by atoms with Crippen LogP contribution in [-0.2, 0) is 4.79 Å². The van der Waals surface area contributed by atoms with Gasteiger partial charge >= 0.3 is 0 Å². The molecule has 17 heavy (non-hydrogen) atoms. The number of carbonyl (C=O) groups is 1. The zero-order valence-electron chi connectivity index (χ0n) is 10.3. The standard InChI is InChI=1S/C14H19NO.ClH/c1-11(2)10-13(15)14(16)9-8-12-6-4-3-5-7-12;/h3-9,11,13H,10,15H2,1-2H3;1H/b9-8+;/t13-;/m0./s1. The molecule has 1 atom stereocenters. The second-order valence-corrected chi connectivity index (χ2v) is 4.38. The minimum absolute atomic E-state index is 0. The van der Waals surface area contributed by atoms with Crippen molar-refractivity contribution in [3.8, 4) is 0 Å². The van der Waals surface area contributed by atoms with Crippen molar-refractivity contribution in [1.82, 2.24) is 0 Å². The van der Waals surface area contributed by atoms with Gasteiger partial charge in [0, 0.05) is 0 Å². The van der Waals surface area contributed by atoms with Crippen LogP contribution in [0.5, 0.6) is 0 Å². The fourth-order valence-electron chi connectivity index (χ4n) is 1.49. The van der Waals surface area contributed by atoms with Crippen LogP contribution in [0.1, 0.15) is 25.8 Å². The van der Waals surface area contributed by atoms with Gasteiger partial charge in [-0.25, -0.2) is 0 Å². The van der Waals surface area contributed by atoms with Gasteiger partial charge in [0.25, 0.3) is 0 Å². The topological polar surface area (TPSA) is 43.1 Å². The van der Waals surface area contributed by atoms with E-state index in [1.165, 1.54) is 0 Å². The lowest BCUT2D eigenvalue weighted by Gasteiger charge is -2.10. The molecule has 0 saturated heterocycles. The molecule has 1 aromatic carbocycles.